The number of halogens is 2. The number of hydrogen-bond donors (Lipinski definition) is 1. The molecule has 1 aliphatic rings. The Kier molecular flexibility index (Phi) is 5.40. The molecule has 0 aromatic heterocycles. The Morgan fingerprint density at radius 1 is 1.38 bits per heavy atom. The molecule has 9 heteroatoms. The van der Waals surface area contributed by atoms with Crippen LogP contribution in [-0.4, -0.2) is 39.9 Å². The van der Waals surface area contributed by atoms with E-state index in [2.05, 4.69) is 5.32 Å². The minimum absolute atomic E-state index is 0.219. The van der Waals surface area contributed by atoms with Crippen LogP contribution in [0.2, 0.25) is 0 Å². The third-order valence-corrected chi connectivity index (χ3v) is 5.70. The van der Waals surface area contributed by atoms with Crippen LogP contribution in [0.5, 0.6) is 0 Å². The number of hydrogen-bond acceptors (Lipinski definition) is 5. The Hall–Kier alpha value is -1.35. The largest absolute Gasteiger partial charge is 0.351 e. The lowest BCUT2D eigenvalue weighted by Crippen LogP contribution is -2.33. The average Bonchev–Trinajstić information content (AvgIpc) is 2.48. The van der Waals surface area contributed by atoms with Gasteiger partial charge >= 0.3 is 0 Å². The highest BCUT2D eigenvalue weighted by Crippen LogP contribution is 2.24. The summed E-state index contributed by atoms with van der Waals surface area (Å²) in [7, 11) is 0. The molecule has 1 amide bonds. The van der Waals surface area contributed by atoms with E-state index < -0.39 is 33.7 Å². The van der Waals surface area contributed by atoms with Crippen LogP contribution >= 0.6 is 23.5 Å². The Bertz CT molecular complexity index is 566. The van der Waals surface area contributed by atoms with Crippen LogP contribution in [-0.2, 0) is 0 Å². The van der Waals surface area contributed by atoms with Gasteiger partial charge in [0.1, 0.15) is 5.56 Å². The van der Waals surface area contributed by atoms with Gasteiger partial charge in [-0.05, 0) is 6.07 Å². The Morgan fingerprint density at radius 2 is 2.10 bits per heavy atom. The minimum atomic E-state index is -1.35. The summed E-state index contributed by atoms with van der Waals surface area (Å²) in [5, 5.41) is 13.6. The lowest BCUT2D eigenvalue weighted by atomic mass is 10.1. The van der Waals surface area contributed by atoms with E-state index in [0.717, 1.165) is 17.3 Å². The molecule has 21 heavy (non-hydrogen) atoms. The molecule has 0 aliphatic carbocycles. The molecule has 1 fully saturated rings. The van der Waals surface area contributed by atoms with Crippen LogP contribution < -0.4 is 5.32 Å². The molecule has 0 spiro atoms. The maximum Gasteiger partial charge on any atom is 0.285 e. The summed E-state index contributed by atoms with van der Waals surface area (Å²) in [6, 6.07) is 0.987. The van der Waals surface area contributed by atoms with Gasteiger partial charge in [0, 0.05) is 29.1 Å². The zero-order valence-corrected chi connectivity index (χ0v) is 12.4. The molecule has 1 aliphatic heterocycles. The van der Waals surface area contributed by atoms with E-state index >= 15 is 0 Å². The SMILES string of the molecule is O=C(NCC1CSCCS1)c1cc(F)c(F)cc1[N+](=O)[O-]. The van der Waals surface area contributed by atoms with Crippen LogP contribution in [0, 0.1) is 21.7 Å². The topological polar surface area (TPSA) is 72.2 Å². The summed E-state index contributed by atoms with van der Waals surface area (Å²) < 4.78 is 26.2. The van der Waals surface area contributed by atoms with Crippen molar-refractivity contribution in [1.82, 2.24) is 5.32 Å². The normalized spacial score (nSPS) is 18.3. The van der Waals surface area contributed by atoms with E-state index in [1.807, 2.05) is 0 Å². The first-order valence-electron chi connectivity index (χ1n) is 6.10. The first-order valence-corrected chi connectivity index (χ1v) is 8.30. The first-order chi connectivity index (χ1) is 9.99. The number of nitrogens with zero attached hydrogens (tertiary/aromatic N) is 1. The van der Waals surface area contributed by atoms with Crippen LogP contribution in [0.4, 0.5) is 14.5 Å². The van der Waals surface area contributed by atoms with Crippen LogP contribution in [0.25, 0.3) is 0 Å². The van der Waals surface area contributed by atoms with Crippen molar-refractivity contribution in [1.29, 1.82) is 0 Å². The van der Waals surface area contributed by atoms with Gasteiger partial charge in [0.2, 0.25) is 0 Å². The predicted molar refractivity (Wildman–Crippen MR) is 78.9 cm³/mol. The molecular formula is C12H12F2N2O3S2. The summed E-state index contributed by atoms with van der Waals surface area (Å²) in [6.07, 6.45) is 0. The Balaban J connectivity index is 2.10. The van der Waals surface area contributed by atoms with E-state index in [9.17, 15) is 23.7 Å². The van der Waals surface area contributed by atoms with E-state index in [4.69, 9.17) is 0 Å². The zero-order valence-electron chi connectivity index (χ0n) is 10.8. The number of carbonyl (C=O) groups excluding carboxylic acids is 1. The van der Waals surface area contributed by atoms with Crippen molar-refractivity contribution in [2.45, 2.75) is 5.25 Å². The van der Waals surface area contributed by atoms with Gasteiger partial charge in [-0.2, -0.15) is 23.5 Å². The Morgan fingerprint density at radius 3 is 2.71 bits per heavy atom. The molecule has 2 rings (SSSR count). The molecule has 0 saturated carbocycles. The van der Waals surface area contributed by atoms with Gasteiger partial charge < -0.3 is 5.32 Å². The third kappa shape index (κ3) is 4.07. The molecule has 0 bridgehead atoms. The monoisotopic (exact) mass is 334 g/mol. The summed E-state index contributed by atoms with van der Waals surface area (Å²) in [6.45, 7) is 0.340. The van der Waals surface area contributed by atoms with Crippen molar-refractivity contribution in [2.75, 3.05) is 23.8 Å². The summed E-state index contributed by atoms with van der Waals surface area (Å²) in [4.78, 5) is 21.9. The van der Waals surface area contributed by atoms with Crippen molar-refractivity contribution in [3.63, 3.8) is 0 Å². The number of thioether (sulfide) groups is 2. The van der Waals surface area contributed by atoms with Crippen LogP contribution in [0.15, 0.2) is 12.1 Å². The van der Waals surface area contributed by atoms with Gasteiger partial charge in [-0.1, -0.05) is 0 Å². The molecule has 1 unspecified atom stereocenters. The van der Waals surface area contributed by atoms with E-state index in [1.54, 1.807) is 23.5 Å². The maximum absolute atomic E-state index is 13.2. The van der Waals surface area contributed by atoms with Crippen molar-refractivity contribution >= 4 is 35.1 Å². The molecule has 1 heterocycles. The zero-order chi connectivity index (χ0) is 15.4. The molecule has 1 aromatic carbocycles. The molecule has 1 atom stereocenters. The van der Waals surface area contributed by atoms with Gasteiger partial charge in [0.25, 0.3) is 11.6 Å². The Labute approximate surface area is 128 Å². The van der Waals surface area contributed by atoms with Crippen molar-refractivity contribution < 1.29 is 18.5 Å². The predicted octanol–water partition coefficient (Wildman–Crippen LogP) is 2.45. The molecule has 1 aromatic rings. The molecule has 1 saturated heterocycles. The molecular weight excluding hydrogens is 322 g/mol. The smallest absolute Gasteiger partial charge is 0.285 e. The summed E-state index contributed by atoms with van der Waals surface area (Å²) in [5.41, 5.74) is -1.20. The number of rotatable bonds is 4. The highest BCUT2D eigenvalue weighted by molar-refractivity contribution is 8.06. The number of nitro groups is 1. The van der Waals surface area contributed by atoms with Gasteiger partial charge in [-0.25, -0.2) is 8.78 Å². The van der Waals surface area contributed by atoms with E-state index in [1.165, 1.54) is 0 Å². The van der Waals surface area contributed by atoms with Gasteiger partial charge in [-0.3, -0.25) is 14.9 Å². The number of benzene rings is 1. The standard InChI is InChI=1S/C12H12F2N2O3S2/c13-9-3-8(11(16(18)19)4-10(9)14)12(17)15-5-7-6-20-1-2-21-7/h3-4,7H,1-2,5-6H2,(H,15,17). The fourth-order valence-electron chi connectivity index (χ4n) is 1.83. The van der Waals surface area contributed by atoms with E-state index in [-0.39, 0.29) is 5.25 Å². The van der Waals surface area contributed by atoms with E-state index in [0.29, 0.717) is 18.7 Å². The summed E-state index contributed by atoms with van der Waals surface area (Å²) >= 11 is 3.49. The van der Waals surface area contributed by atoms with Crippen molar-refractivity contribution in [2.24, 2.45) is 0 Å². The quantitative estimate of drug-likeness (QED) is 0.676. The van der Waals surface area contributed by atoms with Crippen LogP contribution in [0.1, 0.15) is 10.4 Å². The number of nitrogens with one attached hydrogen (secondary N) is 1. The van der Waals surface area contributed by atoms with Gasteiger partial charge in [-0.15, -0.1) is 0 Å². The molecule has 114 valence electrons. The fourth-order valence-corrected chi connectivity index (χ4v) is 4.44. The van der Waals surface area contributed by atoms with Gasteiger partial charge in [0.15, 0.2) is 11.6 Å². The number of carbonyl (C=O) groups is 1. The molecule has 1 N–H and O–H groups in total. The second-order valence-corrected chi connectivity index (χ2v) is 6.88. The highest BCUT2D eigenvalue weighted by Gasteiger charge is 2.24. The van der Waals surface area contributed by atoms with Crippen molar-refractivity contribution in [3.8, 4) is 0 Å². The lowest BCUT2D eigenvalue weighted by molar-refractivity contribution is -0.385. The maximum atomic E-state index is 13.2. The second kappa shape index (κ2) is 7.08. The number of nitro benzene ring substituents is 1. The highest BCUT2D eigenvalue weighted by atomic mass is 32.2. The second-order valence-electron chi connectivity index (χ2n) is 4.32. The number of amides is 1. The molecule has 0 radical (unpaired) electrons. The van der Waals surface area contributed by atoms with Crippen LogP contribution in [0.3, 0.4) is 0 Å². The lowest BCUT2D eigenvalue weighted by Gasteiger charge is -2.21. The first kappa shape index (κ1) is 16.0. The average molecular weight is 334 g/mol. The van der Waals surface area contributed by atoms with Crippen molar-refractivity contribution in [3.05, 3.63) is 39.4 Å². The minimum Gasteiger partial charge on any atom is -0.351 e. The fraction of sp³-hybridized carbons (Fsp3) is 0.417. The third-order valence-electron chi connectivity index (χ3n) is 2.86. The molecule has 5 nitrogen and oxygen atoms in total. The summed E-state index contributed by atoms with van der Waals surface area (Å²) in [5.74, 6) is -0.479. The van der Waals surface area contributed by atoms with Gasteiger partial charge in [0.05, 0.1) is 11.0 Å².